The maximum absolute atomic E-state index is 13.0. The fraction of sp³-hybridized carbons (Fsp3) is 0.208. The van der Waals surface area contributed by atoms with Crippen molar-refractivity contribution < 1.29 is 9.53 Å². The van der Waals surface area contributed by atoms with Gasteiger partial charge in [-0.05, 0) is 55.7 Å². The molecule has 0 aliphatic carbocycles. The first-order chi connectivity index (χ1) is 13.5. The molecule has 0 aromatic heterocycles. The van der Waals surface area contributed by atoms with Gasteiger partial charge in [0, 0.05) is 5.56 Å². The third-order valence-corrected chi connectivity index (χ3v) is 4.93. The van der Waals surface area contributed by atoms with E-state index in [2.05, 4.69) is 37.4 Å². The fourth-order valence-corrected chi connectivity index (χ4v) is 3.50. The van der Waals surface area contributed by atoms with Gasteiger partial charge < -0.3 is 10.1 Å². The van der Waals surface area contributed by atoms with E-state index in [1.165, 1.54) is 5.56 Å². The number of nitrogens with one attached hydrogen (secondary N) is 1. The SMILES string of the molecule is CCOc1ccc(C(=O)N[C@H](c2ccccc2)c2ccc(C)cc2C)cc1Cl. The number of carbonyl (C=O) groups excluding carboxylic acids is 1. The standard InChI is InChI=1S/C24H24ClNO2/c1-4-28-22-13-11-19(15-21(22)25)24(27)26-23(18-8-6-5-7-9-18)20-12-10-16(2)14-17(20)3/h5-15,23H,4H2,1-3H3,(H,26,27)/t23-/m1/s1. The van der Waals surface area contributed by atoms with E-state index in [0.717, 1.165) is 16.7 Å². The molecule has 0 radical (unpaired) electrons. The molecule has 0 aliphatic rings. The van der Waals surface area contributed by atoms with E-state index >= 15 is 0 Å². The van der Waals surface area contributed by atoms with Gasteiger partial charge in [-0.25, -0.2) is 0 Å². The topological polar surface area (TPSA) is 38.3 Å². The monoisotopic (exact) mass is 393 g/mol. The average Bonchev–Trinajstić information content (AvgIpc) is 2.69. The van der Waals surface area contributed by atoms with Gasteiger partial charge in [-0.1, -0.05) is 65.7 Å². The van der Waals surface area contributed by atoms with Gasteiger partial charge in [-0.2, -0.15) is 0 Å². The molecule has 3 aromatic carbocycles. The van der Waals surface area contributed by atoms with E-state index in [0.29, 0.717) is 22.9 Å². The minimum absolute atomic E-state index is 0.182. The van der Waals surface area contributed by atoms with Crippen molar-refractivity contribution in [3.8, 4) is 5.75 Å². The van der Waals surface area contributed by atoms with Crippen molar-refractivity contribution in [3.63, 3.8) is 0 Å². The van der Waals surface area contributed by atoms with Crippen LogP contribution in [-0.2, 0) is 0 Å². The molecule has 1 N–H and O–H groups in total. The van der Waals surface area contributed by atoms with Gasteiger partial charge >= 0.3 is 0 Å². The normalized spacial score (nSPS) is 11.7. The maximum atomic E-state index is 13.0. The van der Waals surface area contributed by atoms with Crippen molar-refractivity contribution >= 4 is 17.5 Å². The van der Waals surface area contributed by atoms with Crippen LogP contribution in [0.2, 0.25) is 5.02 Å². The van der Waals surface area contributed by atoms with Crippen LogP contribution in [0.1, 0.15) is 45.6 Å². The van der Waals surface area contributed by atoms with Crippen molar-refractivity contribution in [2.24, 2.45) is 0 Å². The highest BCUT2D eigenvalue weighted by Crippen LogP contribution is 2.28. The molecular formula is C24H24ClNO2. The Morgan fingerprint density at radius 1 is 1.04 bits per heavy atom. The molecule has 3 aromatic rings. The van der Waals surface area contributed by atoms with Crippen molar-refractivity contribution in [2.45, 2.75) is 26.8 Å². The summed E-state index contributed by atoms with van der Waals surface area (Å²) in [5, 5.41) is 3.59. The summed E-state index contributed by atoms with van der Waals surface area (Å²) in [6.07, 6.45) is 0. The zero-order chi connectivity index (χ0) is 20.1. The summed E-state index contributed by atoms with van der Waals surface area (Å²) >= 11 is 6.26. The number of halogens is 1. The van der Waals surface area contributed by atoms with Gasteiger partial charge in [0.2, 0.25) is 0 Å². The lowest BCUT2D eigenvalue weighted by Gasteiger charge is -2.22. The summed E-state index contributed by atoms with van der Waals surface area (Å²) in [5.41, 5.74) is 4.93. The number of rotatable bonds is 6. The predicted octanol–water partition coefficient (Wildman–Crippen LogP) is 5.87. The molecule has 0 saturated carbocycles. The van der Waals surface area contributed by atoms with Crippen LogP contribution in [0.3, 0.4) is 0 Å². The van der Waals surface area contributed by atoms with Crippen LogP contribution in [-0.4, -0.2) is 12.5 Å². The zero-order valence-corrected chi connectivity index (χ0v) is 17.1. The second-order valence-electron chi connectivity index (χ2n) is 6.76. The zero-order valence-electron chi connectivity index (χ0n) is 16.3. The van der Waals surface area contributed by atoms with E-state index in [1.807, 2.05) is 37.3 Å². The Hall–Kier alpha value is -2.78. The van der Waals surface area contributed by atoms with Crippen LogP contribution in [0, 0.1) is 13.8 Å². The number of benzene rings is 3. The van der Waals surface area contributed by atoms with Gasteiger partial charge in [-0.15, -0.1) is 0 Å². The van der Waals surface area contributed by atoms with Gasteiger partial charge in [0.05, 0.1) is 17.7 Å². The van der Waals surface area contributed by atoms with Crippen LogP contribution in [0.15, 0.2) is 66.7 Å². The summed E-state index contributed by atoms with van der Waals surface area (Å²) in [7, 11) is 0. The Labute approximate surface area is 171 Å². The second-order valence-corrected chi connectivity index (χ2v) is 7.16. The maximum Gasteiger partial charge on any atom is 0.252 e. The van der Waals surface area contributed by atoms with Gasteiger partial charge in [0.25, 0.3) is 5.91 Å². The summed E-state index contributed by atoms with van der Waals surface area (Å²) in [4.78, 5) is 13.0. The lowest BCUT2D eigenvalue weighted by molar-refractivity contribution is 0.0943. The molecule has 0 heterocycles. The van der Waals surface area contributed by atoms with Crippen LogP contribution < -0.4 is 10.1 Å². The number of hydrogen-bond donors (Lipinski definition) is 1. The molecule has 0 aliphatic heterocycles. The number of aryl methyl sites for hydroxylation is 2. The first-order valence-electron chi connectivity index (χ1n) is 9.35. The molecule has 3 rings (SSSR count). The average molecular weight is 394 g/mol. The number of hydrogen-bond acceptors (Lipinski definition) is 2. The fourth-order valence-electron chi connectivity index (χ4n) is 3.26. The van der Waals surface area contributed by atoms with Gasteiger partial charge in [0.1, 0.15) is 5.75 Å². The van der Waals surface area contributed by atoms with Crippen molar-refractivity contribution in [3.05, 3.63) is 99.6 Å². The first kappa shape index (κ1) is 20.0. The number of ether oxygens (including phenoxy) is 1. The van der Waals surface area contributed by atoms with Crippen LogP contribution in [0.5, 0.6) is 5.75 Å². The number of amides is 1. The second kappa shape index (κ2) is 8.94. The minimum atomic E-state index is -0.250. The number of carbonyl (C=O) groups is 1. The predicted molar refractivity (Wildman–Crippen MR) is 114 cm³/mol. The molecule has 0 spiro atoms. The molecular weight excluding hydrogens is 370 g/mol. The smallest absolute Gasteiger partial charge is 0.252 e. The summed E-state index contributed by atoms with van der Waals surface area (Å²) in [6, 6.07) is 21.1. The molecule has 0 fully saturated rings. The lowest BCUT2D eigenvalue weighted by atomic mass is 9.93. The largest absolute Gasteiger partial charge is 0.492 e. The minimum Gasteiger partial charge on any atom is -0.492 e. The molecule has 0 saturated heterocycles. The highest BCUT2D eigenvalue weighted by Gasteiger charge is 2.20. The van der Waals surface area contributed by atoms with Crippen molar-refractivity contribution in [1.29, 1.82) is 0 Å². The highest BCUT2D eigenvalue weighted by atomic mass is 35.5. The molecule has 28 heavy (non-hydrogen) atoms. The molecule has 0 bridgehead atoms. The molecule has 1 atom stereocenters. The van der Waals surface area contributed by atoms with Crippen LogP contribution in [0.4, 0.5) is 0 Å². The molecule has 0 unspecified atom stereocenters. The molecule has 3 nitrogen and oxygen atoms in total. The Bertz CT molecular complexity index is 970. The van der Waals surface area contributed by atoms with E-state index in [1.54, 1.807) is 18.2 Å². The Kier molecular flexibility index (Phi) is 6.37. The third-order valence-electron chi connectivity index (χ3n) is 4.64. The Morgan fingerprint density at radius 3 is 2.43 bits per heavy atom. The molecule has 144 valence electrons. The summed E-state index contributed by atoms with van der Waals surface area (Å²) in [5.74, 6) is 0.397. The molecule has 1 amide bonds. The first-order valence-corrected chi connectivity index (χ1v) is 9.72. The third kappa shape index (κ3) is 4.55. The summed E-state index contributed by atoms with van der Waals surface area (Å²) < 4.78 is 5.45. The Morgan fingerprint density at radius 2 is 1.79 bits per heavy atom. The van der Waals surface area contributed by atoms with E-state index < -0.39 is 0 Å². The highest BCUT2D eigenvalue weighted by molar-refractivity contribution is 6.32. The molecule has 4 heteroatoms. The Balaban J connectivity index is 1.93. The quantitative estimate of drug-likeness (QED) is 0.568. The lowest BCUT2D eigenvalue weighted by Crippen LogP contribution is -2.29. The van der Waals surface area contributed by atoms with Crippen molar-refractivity contribution in [1.82, 2.24) is 5.32 Å². The van der Waals surface area contributed by atoms with E-state index in [9.17, 15) is 4.79 Å². The van der Waals surface area contributed by atoms with Gasteiger partial charge in [-0.3, -0.25) is 4.79 Å². The van der Waals surface area contributed by atoms with Gasteiger partial charge in [0.15, 0.2) is 0 Å². The van der Waals surface area contributed by atoms with Crippen LogP contribution >= 0.6 is 11.6 Å². The van der Waals surface area contributed by atoms with Crippen molar-refractivity contribution in [2.75, 3.05) is 6.61 Å². The van der Waals surface area contributed by atoms with E-state index in [-0.39, 0.29) is 11.9 Å². The van der Waals surface area contributed by atoms with Crippen LogP contribution in [0.25, 0.3) is 0 Å². The van der Waals surface area contributed by atoms with E-state index in [4.69, 9.17) is 16.3 Å². The summed E-state index contributed by atoms with van der Waals surface area (Å²) in [6.45, 7) is 6.55.